The Kier molecular flexibility index (Phi) is 3.92. The molecule has 0 aliphatic carbocycles. The summed E-state index contributed by atoms with van der Waals surface area (Å²) in [5.74, 6) is 0.615. The number of hydrogen-bond acceptors (Lipinski definition) is 3. The van der Waals surface area contributed by atoms with Gasteiger partial charge in [0.05, 0.1) is 11.6 Å². The smallest absolute Gasteiger partial charge is 0.225 e. The van der Waals surface area contributed by atoms with Gasteiger partial charge >= 0.3 is 0 Å². The van der Waals surface area contributed by atoms with Crippen molar-refractivity contribution >= 4 is 22.6 Å². The van der Waals surface area contributed by atoms with Gasteiger partial charge in [-0.05, 0) is 37.5 Å². The maximum atomic E-state index is 11.9. The van der Waals surface area contributed by atoms with Crippen molar-refractivity contribution in [1.29, 1.82) is 0 Å². The molecule has 1 aliphatic rings. The Morgan fingerprint density at radius 3 is 3.05 bits per heavy atom. The third-order valence-corrected chi connectivity index (χ3v) is 3.58. The minimum absolute atomic E-state index is 0.00304. The lowest BCUT2D eigenvalue weighted by molar-refractivity contribution is -0.116. The molecule has 4 heteroatoms. The molecule has 104 valence electrons. The number of amides is 1. The second-order valence-corrected chi connectivity index (χ2v) is 5.11. The van der Waals surface area contributed by atoms with Gasteiger partial charge in [-0.2, -0.15) is 0 Å². The minimum atomic E-state index is 0.00304. The van der Waals surface area contributed by atoms with Gasteiger partial charge in [-0.3, -0.25) is 4.79 Å². The van der Waals surface area contributed by atoms with Gasteiger partial charge in [0.1, 0.15) is 5.82 Å². The van der Waals surface area contributed by atoms with Crippen LogP contribution in [0.5, 0.6) is 0 Å². The molecule has 1 aromatic heterocycles. The molecule has 1 fully saturated rings. The van der Waals surface area contributed by atoms with E-state index in [-0.39, 0.29) is 12.0 Å². The fourth-order valence-corrected chi connectivity index (χ4v) is 2.51. The van der Waals surface area contributed by atoms with Crippen molar-refractivity contribution in [3.63, 3.8) is 0 Å². The molecule has 1 saturated heterocycles. The molecule has 1 atom stereocenters. The standard InChI is InChI=1S/C16H18N2O2/c19-16(10-8-13-5-3-11-20-13)18-15-9-7-12-4-1-2-6-14(12)17-15/h1-2,4,6-7,9,13H,3,5,8,10-11H2,(H,17,18,19)/t13-/m1/s1. The number of rotatable bonds is 4. The fourth-order valence-electron chi connectivity index (χ4n) is 2.51. The molecule has 4 nitrogen and oxygen atoms in total. The number of carbonyl (C=O) groups is 1. The first-order valence-electron chi connectivity index (χ1n) is 7.08. The van der Waals surface area contributed by atoms with E-state index in [0.29, 0.717) is 12.2 Å². The number of anilines is 1. The van der Waals surface area contributed by atoms with Crippen LogP contribution in [0.3, 0.4) is 0 Å². The summed E-state index contributed by atoms with van der Waals surface area (Å²) in [5.41, 5.74) is 0.893. The number of para-hydroxylation sites is 1. The zero-order valence-corrected chi connectivity index (χ0v) is 11.3. The lowest BCUT2D eigenvalue weighted by Crippen LogP contribution is -2.15. The van der Waals surface area contributed by atoms with Crippen molar-refractivity contribution < 1.29 is 9.53 Å². The van der Waals surface area contributed by atoms with Crippen molar-refractivity contribution in [2.75, 3.05) is 11.9 Å². The van der Waals surface area contributed by atoms with Crippen LogP contribution in [0, 0.1) is 0 Å². The van der Waals surface area contributed by atoms with Gasteiger partial charge in [0.15, 0.2) is 0 Å². The van der Waals surface area contributed by atoms with Gasteiger partial charge in [-0.15, -0.1) is 0 Å². The van der Waals surface area contributed by atoms with Crippen molar-refractivity contribution in [3.05, 3.63) is 36.4 Å². The Morgan fingerprint density at radius 1 is 1.30 bits per heavy atom. The van der Waals surface area contributed by atoms with Crippen molar-refractivity contribution in [1.82, 2.24) is 4.98 Å². The van der Waals surface area contributed by atoms with Crippen LogP contribution in [0.4, 0.5) is 5.82 Å². The Balaban J connectivity index is 1.59. The fraction of sp³-hybridized carbons (Fsp3) is 0.375. The summed E-state index contributed by atoms with van der Waals surface area (Å²) in [4.78, 5) is 16.3. The van der Waals surface area contributed by atoms with Crippen LogP contribution in [-0.2, 0) is 9.53 Å². The van der Waals surface area contributed by atoms with Crippen LogP contribution in [0.15, 0.2) is 36.4 Å². The summed E-state index contributed by atoms with van der Waals surface area (Å²) < 4.78 is 5.52. The molecule has 0 unspecified atom stereocenters. The van der Waals surface area contributed by atoms with Gasteiger partial charge in [-0.1, -0.05) is 18.2 Å². The highest BCUT2D eigenvalue weighted by atomic mass is 16.5. The average molecular weight is 270 g/mol. The Bertz CT molecular complexity index is 606. The number of ether oxygens (including phenoxy) is 1. The number of hydrogen-bond donors (Lipinski definition) is 1. The van der Waals surface area contributed by atoms with Crippen molar-refractivity contribution in [3.8, 4) is 0 Å². The molecule has 0 spiro atoms. The van der Waals surface area contributed by atoms with Crippen LogP contribution in [0.25, 0.3) is 10.9 Å². The molecule has 3 rings (SSSR count). The first-order valence-corrected chi connectivity index (χ1v) is 7.08. The number of carbonyl (C=O) groups excluding carboxylic acids is 1. The first-order chi connectivity index (χ1) is 9.81. The second-order valence-electron chi connectivity index (χ2n) is 5.11. The van der Waals surface area contributed by atoms with Gasteiger partial charge in [0.25, 0.3) is 0 Å². The van der Waals surface area contributed by atoms with E-state index in [2.05, 4.69) is 10.3 Å². The second kappa shape index (κ2) is 6.01. The molecule has 2 aromatic rings. The maximum Gasteiger partial charge on any atom is 0.225 e. The predicted octanol–water partition coefficient (Wildman–Crippen LogP) is 3.13. The third-order valence-electron chi connectivity index (χ3n) is 3.58. The Hall–Kier alpha value is -1.94. The molecule has 1 aromatic carbocycles. The highest BCUT2D eigenvalue weighted by Gasteiger charge is 2.16. The molecular formula is C16H18N2O2. The SMILES string of the molecule is O=C(CC[C@H]1CCCO1)Nc1ccc2ccccc2n1. The van der Waals surface area contributed by atoms with E-state index in [4.69, 9.17) is 4.74 Å². The topological polar surface area (TPSA) is 51.2 Å². The number of nitrogens with zero attached hydrogens (tertiary/aromatic N) is 1. The summed E-state index contributed by atoms with van der Waals surface area (Å²) in [7, 11) is 0. The largest absolute Gasteiger partial charge is 0.378 e. The van der Waals surface area contributed by atoms with E-state index >= 15 is 0 Å². The van der Waals surface area contributed by atoms with Crippen LogP contribution in [0.2, 0.25) is 0 Å². The predicted molar refractivity (Wildman–Crippen MR) is 78.6 cm³/mol. The first kappa shape index (κ1) is 13.1. The van der Waals surface area contributed by atoms with Crippen LogP contribution < -0.4 is 5.32 Å². The normalized spacial score (nSPS) is 18.3. The number of aromatic nitrogens is 1. The number of pyridine rings is 1. The highest BCUT2D eigenvalue weighted by molar-refractivity contribution is 5.91. The summed E-state index contributed by atoms with van der Waals surface area (Å²) in [6.45, 7) is 0.832. The van der Waals surface area contributed by atoms with Gasteiger partial charge < -0.3 is 10.1 Å². The third kappa shape index (κ3) is 3.14. The summed E-state index contributed by atoms with van der Waals surface area (Å²) in [6, 6.07) is 11.7. The van der Waals surface area contributed by atoms with Gasteiger partial charge in [0, 0.05) is 18.4 Å². The zero-order valence-electron chi connectivity index (χ0n) is 11.3. The number of nitrogens with one attached hydrogen (secondary N) is 1. The summed E-state index contributed by atoms with van der Waals surface area (Å²) >= 11 is 0. The van der Waals surface area contributed by atoms with Crippen LogP contribution in [0.1, 0.15) is 25.7 Å². The molecule has 1 amide bonds. The zero-order chi connectivity index (χ0) is 13.8. The number of benzene rings is 1. The summed E-state index contributed by atoms with van der Waals surface area (Å²) in [6.07, 6.45) is 3.71. The average Bonchev–Trinajstić information content (AvgIpc) is 2.98. The minimum Gasteiger partial charge on any atom is -0.378 e. The maximum absolute atomic E-state index is 11.9. The van der Waals surface area contributed by atoms with Gasteiger partial charge in [-0.25, -0.2) is 4.98 Å². The Morgan fingerprint density at radius 2 is 2.20 bits per heavy atom. The lowest BCUT2D eigenvalue weighted by Gasteiger charge is -2.09. The van der Waals surface area contributed by atoms with Crippen LogP contribution in [-0.4, -0.2) is 23.6 Å². The molecule has 20 heavy (non-hydrogen) atoms. The molecule has 0 radical (unpaired) electrons. The van der Waals surface area contributed by atoms with E-state index in [1.807, 2.05) is 36.4 Å². The summed E-state index contributed by atoms with van der Waals surface area (Å²) in [5, 5.41) is 3.93. The molecule has 0 saturated carbocycles. The van der Waals surface area contributed by atoms with Crippen molar-refractivity contribution in [2.45, 2.75) is 31.8 Å². The molecule has 1 N–H and O–H groups in total. The van der Waals surface area contributed by atoms with E-state index in [1.54, 1.807) is 0 Å². The molecule has 2 heterocycles. The van der Waals surface area contributed by atoms with E-state index in [9.17, 15) is 4.79 Å². The quantitative estimate of drug-likeness (QED) is 0.928. The monoisotopic (exact) mass is 270 g/mol. The van der Waals surface area contributed by atoms with Crippen LogP contribution >= 0.6 is 0 Å². The lowest BCUT2D eigenvalue weighted by atomic mass is 10.1. The molecular weight excluding hydrogens is 252 g/mol. The van der Waals surface area contributed by atoms with E-state index in [1.165, 1.54) is 0 Å². The highest BCUT2D eigenvalue weighted by Crippen LogP contribution is 2.18. The molecule has 1 aliphatic heterocycles. The van der Waals surface area contributed by atoms with E-state index in [0.717, 1.165) is 36.8 Å². The molecule has 0 bridgehead atoms. The van der Waals surface area contributed by atoms with E-state index < -0.39 is 0 Å². The number of fused-ring (bicyclic) bond motifs is 1. The Labute approximate surface area is 118 Å². The van der Waals surface area contributed by atoms with Crippen molar-refractivity contribution in [2.24, 2.45) is 0 Å². The van der Waals surface area contributed by atoms with Gasteiger partial charge in [0.2, 0.25) is 5.91 Å².